The van der Waals surface area contributed by atoms with Gasteiger partial charge in [0, 0.05) is 6.07 Å². The fourth-order valence-corrected chi connectivity index (χ4v) is 1.90. The van der Waals surface area contributed by atoms with Gasteiger partial charge >= 0.3 is 0 Å². The maximum absolute atomic E-state index is 13.7. The number of hydrogen-bond donors (Lipinski definition) is 0. The molecule has 0 N–H and O–H groups in total. The van der Waals surface area contributed by atoms with Gasteiger partial charge in [0.15, 0.2) is 5.78 Å². The second-order valence-corrected chi connectivity index (χ2v) is 4.25. The van der Waals surface area contributed by atoms with E-state index >= 15 is 0 Å². The number of nitro benzene ring substituents is 1. The molecule has 2 rings (SSSR count). The van der Waals surface area contributed by atoms with Crippen LogP contribution in [0.3, 0.4) is 0 Å². The zero-order chi connectivity index (χ0) is 14.9. The fourth-order valence-electron chi connectivity index (χ4n) is 1.65. The highest BCUT2D eigenvalue weighted by Gasteiger charge is 2.22. The van der Waals surface area contributed by atoms with Gasteiger partial charge in [-0.1, -0.05) is 17.7 Å². The molecule has 0 aliphatic heterocycles. The molecule has 0 heterocycles. The lowest BCUT2D eigenvalue weighted by atomic mass is 10.0. The third-order valence-corrected chi connectivity index (χ3v) is 2.91. The second kappa shape index (κ2) is 5.34. The standard InChI is InChI=1S/C13H6ClF2NO3/c14-9-2-1-3-10(15)12(9)13(18)8-5-4-7(17(19)20)6-11(8)16/h1-6H. The Labute approximate surface area is 116 Å². The molecule has 2 aromatic carbocycles. The molecule has 0 unspecified atom stereocenters. The molecule has 20 heavy (non-hydrogen) atoms. The first-order chi connectivity index (χ1) is 9.41. The van der Waals surface area contributed by atoms with E-state index in [-0.39, 0.29) is 5.02 Å². The summed E-state index contributed by atoms with van der Waals surface area (Å²) in [5.41, 5.74) is -1.46. The average Bonchev–Trinajstić information content (AvgIpc) is 2.38. The fraction of sp³-hybridized carbons (Fsp3) is 0. The molecule has 0 atom stereocenters. The first-order valence-electron chi connectivity index (χ1n) is 5.34. The smallest absolute Gasteiger partial charge is 0.272 e. The van der Waals surface area contributed by atoms with Gasteiger partial charge in [-0.15, -0.1) is 0 Å². The summed E-state index contributed by atoms with van der Waals surface area (Å²) in [4.78, 5) is 21.7. The number of nitro groups is 1. The van der Waals surface area contributed by atoms with Crippen molar-refractivity contribution in [2.75, 3.05) is 0 Å². The Morgan fingerprint density at radius 1 is 1.15 bits per heavy atom. The van der Waals surface area contributed by atoms with Gasteiger partial charge in [-0.2, -0.15) is 0 Å². The van der Waals surface area contributed by atoms with Crippen LogP contribution in [-0.4, -0.2) is 10.7 Å². The first-order valence-corrected chi connectivity index (χ1v) is 5.72. The summed E-state index contributed by atoms with van der Waals surface area (Å²) in [6, 6.07) is 6.11. The number of carbonyl (C=O) groups is 1. The maximum atomic E-state index is 13.7. The van der Waals surface area contributed by atoms with Gasteiger partial charge < -0.3 is 0 Å². The van der Waals surface area contributed by atoms with E-state index in [1.165, 1.54) is 12.1 Å². The molecule has 0 fully saturated rings. The van der Waals surface area contributed by atoms with Crippen molar-refractivity contribution in [1.82, 2.24) is 0 Å². The third-order valence-electron chi connectivity index (χ3n) is 2.60. The number of halogens is 3. The molecule has 102 valence electrons. The van der Waals surface area contributed by atoms with Gasteiger partial charge in [-0.3, -0.25) is 14.9 Å². The van der Waals surface area contributed by atoms with Crippen LogP contribution >= 0.6 is 11.6 Å². The van der Waals surface area contributed by atoms with Crippen LogP contribution in [-0.2, 0) is 0 Å². The molecular formula is C13H6ClF2NO3. The van der Waals surface area contributed by atoms with Crippen LogP contribution < -0.4 is 0 Å². The van der Waals surface area contributed by atoms with Crippen molar-refractivity contribution in [1.29, 1.82) is 0 Å². The lowest BCUT2D eigenvalue weighted by Crippen LogP contribution is -2.08. The molecule has 0 saturated heterocycles. The Morgan fingerprint density at radius 3 is 2.40 bits per heavy atom. The molecule has 0 aromatic heterocycles. The minimum atomic E-state index is -1.11. The first kappa shape index (κ1) is 14.1. The molecular weight excluding hydrogens is 292 g/mol. The van der Waals surface area contributed by atoms with Gasteiger partial charge in [-0.25, -0.2) is 8.78 Å². The zero-order valence-electron chi connectivity index (χ0n) is 9.77. The van der Waals surface area contributed by atoms with Crippen molar-refractivity contribution in [2.45, 2.75) is 0 Å². The van der Waals surface area contributed by atoms with Gasteiger partial charge in [-0.05, 0) is 18.2 Å². The van der Waals surface area contributed by atoms with Crippen molar-refractivity contribution < 1.29 is 18.5 Å². The molecule has 0 aliphatic carbocycles. The largest absolute Gasteiger partial charge is 0.288 e. The number of ketones is 1. The van der Waals surface area contributed by atoms with Crippen LogP contribution in [0, 0.1) is 21.7 Å². The highest BCUT2D eigenvalue weighted by molar-refractivity contribution is 6.35. The van der Waals surface area contributed by atoms with E-state index in [9.17, 15) is 23.7 Å². The van der Waals surface area contributed by atoms with Crippen LogP contribution in [0.4, 0.5) is 14.5 Å². The summed E-state index contributed by atoms with van der Waals surface area (Å²) >= 11 is 5.72. The molecule has 4 nitrogen and oxygen atoms in total. The van der Waals surface area contributed by atoms with Crippen molar-refractivity contribution in [3.8, 4) is 0 Å². The SMILES string of the molecule is O=C(c1ccc([N+](=O)[O-])cc1F)c1c(F)cccc1Cl. The predicted molar refractivity (Wildman–Crippen MR) is 67.9 cm³/mol. The summed E-state index contributed by atoms with van der Waals surface area (Å²) in [5, 5.41) is 10.3. The van der Waals surface area contributed by atoms with Crippen LogP contribution in [0.1, 0.15) is 15.9 Å². The van der Waals surface area contributed by atoms with E-state index < -0.39 is 39.2 Å². The Bertz CT molecular complexity index is 699. The molecule has 0 radical (unpaired) electrons. The van der Waals surface area contributed by atoms with Crippen molar-refractivity contribution in [3.05, 3.63) is 74.3 Å². The summed E-state index contributed by atoms with van der Waals surface area (Å²) in [7, 11) is 0. The van der Waals surface area contributed by atoms with E-state index in [1.54, 1.807) is 0 Å². The van der Waals surface area contributed by atoms with E-state index in [0.717, 1.165) is 18.2 Å². The second-order valence-electron chi connectivity index (χ2n) is 3.85. The molecule has 0 bridgehead atoms. The van der Waals surface area contributed by atoms with Crippen LogP contribution in [0.25, 0.3) is 0 Å². The molecule has 2 aromatic rings. The zero-order valence-corrected chi connectivity index (χ0v) is 10.5. The molecule has 7 heteroatoms. The van der Waals surface area contributed by atoms with E-state index in [4.69, 9.17) is 11.6 Å². The number of nitrogens with zero attached hydrogens (tertiary/aromatic N) is 1. The lowest BCUT2D eigenvalue weighted by molar-refractivity contribution is -0.385. The van der Waals surface area contributed by atoms with Crippen molar-refractivity contribution >= 4 is 23.1 Å². The maximum Gasteiger partial charge on any atom is 0.272 e. The van der Waals surface area contributed by atoms with E-state index in [1.807, 2.05) is 0 Å². The number of rotatable bonds is 3. The van der Waals surface area contributed by atoms with Crippen molar-refractivity contribution in [2.24, 2.45) is 0 Å². The van der Waals surface area contributed by atoms with Gasteiger partial charge in [0.05, 0.1) is 27.1 Å². The molecule has 0 saturated carbocycles. The van der Waals surface area contributed by atoms with E-state index in [2.05, 4.69) is 0 Å². The van der Waals surface area contributed by atoms with Gasteiger partial charge in [0.25, 0.3) is 5.69 Å². The lowest BCUT2D eigenvalue weighted by Gasteiger charge is -2.06. The summed E-state index contributed by atoms with van der Waals surface area (Å²) < 4.78 is 27.3. The predicted octanol–water partition coefficient (Wildman–Crippen LogP) is 3.76. The molecule has 0 spiro atoms. The van der Waals surface area contributed by atoms with Gasteiger partial charge in [0.1, 0.15) is 11.6 Å². The number of hydrogen-bond acceptors (Lipinski definition) is 3. The monoisotopic (exact) mass is 297 g/mol. The Morgan fingerprint density at radius 2 is 1.85 bits per heavy atom. The van der Waals surface area contributed by atoms with Gasteiger partial charge in [0.2, 0.25) is 0 Å². The van der Waals surface area contributed by atoms with Crippen LogP contribution in [0.5, 0.6) is 0 Å². The van der Waals surface area contributed by atoms with Crippen molar-refractivity contribution in [3.63, 3.8) is 0 Å². The summed E-state index contributed by atoms with van der Waals surface area (Å²) in [6.07, 6.45) is 0. The van der Waals surface area contributed by atoms with E-state index in [0.29, 0.717) is 6.07 Å². The topological polar surface area (TPSA) is 60.2 Å². The van der Waals surface area contributed by atoms with Crippen LogP contribution in [0.2, 0.25) is 5.02 Å². The third kappa shape index (κ3) is 2.50. The molecule has 0 amide bonds. The summed E-state index contributed by atoms with van der Waals surface area (Å²) in [6.45, 7) is 0. The normalized spacial score (nSPS) is 10.3. The minimum Gasteiger partial charge on any atom is -0.288 e. The Hall–Kier alpha value is -2.34. The number of benzene rings is 2. The Kier molecular flexibility index (Phi) is 3.76. The Balaban J connectivity index is 2.52. The summed E-state index contributed by atoms with van der Waals surface area (Å²) in [5.74, 6) is -2.97. The quantitative estimate of drug-likeness (QED) is 0.492. The van der Waals surface area contributed by atoms with Crippen LogP contribution in [0.15, 0.2) is 36.4 Å². The average molecular weight is 298 g/mol. The molecule has 0 aliphatic rings. The number of carbonyl (C=O) groups excluding carboxylic acids is 1. The number of non-ortho nitro benzene ring substituents is 1. The highest BCUT2D eigenvalue weighted by atomic mass is 35.5. The highest BCUT2D eigenvalue weighted by Crippen LogP contribution is 2.25. The minimum absolute atomic E-state index is 0.159.